The van der Waals surface area contributed by atoms with Crippen molar-refractivity contribution < 1.29 is 42.0 Å². The quantitative estimate of drug-likeness (QED) is 0.0152. The molecule has 1 aliphatic heterocycles. The Balaban J connectivity index is 1.48. The topological polar surface area (TPSA) is 131 Å². The summed E-state index contributed by atoms with van der Waals surface area (Å²) in [7, 11) is -1.34. The van der Waals surface area contributed by atoms with Crippen LogP contribution in [0.2, 0.25) is 18.1 Å². The summed E-state index contributed by atoms with van der Waals surface area (Å²) >= 11 is 6.07. The maximum Gasteiger partial charge on any atom is 0.351 e. The molecule has 5 aromatic rings. The number of hydrogen-bond acceptors (Lipinski definition) is 11. The van der Waals surface area contributed by atoms with Crippen LogP contribution < -0.4 is 20.5 Å². The first-order valence-electron chi connectivity index (χ1n) is 22.0. The second-order valence-electron chi connectivity index (χ2n) is 17.4. The standard InChI is InChI=1S/C49H63N4O9PSSi/c1-11-53(12-2,13-3)62-63(64)60-43-41(34-58-49(36-22-18-15-19-23-36,37-24-28-39(56-7)29-25-37)38-26-30-40(57-8)31-27-38)59-46(44(43)61-65(9,10)48(4,5)6)52-33-32-42(51-47(52)55)50-45(54)35-20-16-14-17-21-35/h14-33,41,43-44,46H,11-13,34H2,1-10H3,(H,50,51,54,55)/q+1/t41-,43-,44-,46-,63?/m1/s1. The van der Waals surface area contributed by atoms with Gasteiger partial charge in [0.1, 0.15) is 55.1 Å². The summed E-state index contributed by atoms with van der Waals surface area (Å²) in [5.41, 5.74) is 1.08. The van der Waals surface area contributed by atoms with Gasteiger partial charge < -0.3 is 40.7 Å². The van der Waals surface area contributed by atoms with E-state index in [-0.39, 0.29) is 17.5 Å². The molecule has 2 heterocycles. The minimum absolute atomic E-state index is 0.0489. The number of rotatable bonds is 20. The Morgan fingerprint density at radius 3 is 1.97 bits per heavy atom. The van der Waals surface area contributed by atoms with Gasteiger partial charge in [-0.3, -0.25) is 14.1 Å². The molecular weight excluding hydrogens is 880 g/mol. The zero-order valence-corrected chi connectivity index (χ0v) is 41.8. The van der Waals surface area contributed by atoms with Crippen molar-refractivity contribution in [3.05, 3.63) is 154 Å². The van der Waals surface area contributed by atoms with Crippen LogP contribution in [0.4, 0.5) is 5.82 Å². The molecule has 0 spiro atoms. The number of methoxy groups -OCH3 is 2. The lowest BCUT2D eigenvalue weighted by Crippen LogP contribution is -2.50. The van der Waals surface area contributed by atoms with Crippen LogP contribution in [-0.2, 0) is 40.9 Å². The van der Waals surface area contributed by atoms with Crippen LogP contribution in [0.25, 0.3) is 0 Å². The first kappa shape index (κ1) is 50.0. The van der Waals surface area contributed by atoms with E-state index in [9.17, 15) is 9.59 Å². The number of carbonyl (C=O) groups excluding carboxylic acids is 1. The Morgan fingerprint density at radius 1 is 0.862 bits per heavy atom. The predicted octanol–water partition coefficient (Wildman–Crippen LogP) is 9.78. The van der Waals surface area contributed by atoms with Crippen molar-refractivity contribution >= 4 is 39.9 Å². The number of aromatic nitrogens is 2. The molecule has 1 saturated heterocycles. The highest BCUT2D eigenvalue weighted by molar-refractivity contribution is 8.29. The van der Waals surface area contributed by atoms with E-state index >= 15 is 0 Å². The number of hydroxylamine groups is 3. The van der Waals surface area contributed by atoms with E-state index in [4.69, 9.17) is 44.8 Å². The summed E-state index contributed by atoms with van der Waals surface area (Å²) in [5.74, 6) is 1.08. The zero-order valence-electron chi connectivity index (χ0n) is 39.1. The van der Waals surface area contributed by atoms with Gasteiger partial charge in [0.2, 0.25) is 0 Å². The summed E-state index contributed by atoms with van der Waals surface area (Å²) in [5, 5.41) is 2.50. The van der Waals surface area contributed by atoms with E-state index in [1.807, 2.05) is 84.9 Å². The molecule has 1 amide bonds. The van der Waals surface area contributed by atoms with E-state index < -0.39 is 57.6 Å². The summed E-state index contributed by atoms with van der Waals surface area (Å²) in [6.45, 7) is 18.9. The van der Waals surface area contributed by atoms with E-state index in [1.165, 1.54) is 4.57 Å². The molecule has 0 bridgehead atoms. The molecule has 4 aromatic carbocycles. The number of anilines is 1. The van der Waals surface area contributed by atoms with Crippen LogP contribution in [0, 0.1) is 0 Å². The summed E-state index contributed by atoms with van der Waals surface area (Å²) in [4.78, 5) is 31.6. The van der Waals surface area contributed by atoms with Gasteiger partial charge in [0.05, 0.1) is 21.3 Å². The number of quaternary nitrogens is 1. The minimum atomic E-state index is -2.65. The molecule has 1 unspecified atom stereocenters. The van der Waals surface area contributed by atoms with Crippen LogP contribution in [0.5, 0.6) is 11.5 Å². The fraction of sp³-hybridized carbons (Fsp3) is 0.408. The first-order valence-corrected chi connectivity index (χ1v) is 27.1. The maximum absolute atomic E-state index is 14.2. The van der Waals surface area contributed by atoms with Gasteiger partial charge >= 0.3 is 11.4 Å². The molecule has 1 fully saturated rings. The third-order valence-electron chi connectivity index (χ3n) is 12.7. The highest BCUT2D eigenvalue weighted by atomic mass is 32.7. The van der Waals surface area contributed by atoms with Crippen molar-refractivity contribution in [1.82, 2.24) is 9.55 Å². The smallest absolute Gasteiger partial charge is 0.351 e. The van der Waals surface area contributed by atoms with E-state index in [1.54, 1.807) is 50.7 Å². The van der Waals surface area contributed by atoms with Crippen LogP contribution >= 0.6 is 7.58 Å². The number of nitrogens with zero attached hydrogens (tertiary/aromatic N) is 3. The van der Waals surface area contributed by atoms with Gasteiger partial charge in [0, 0.05) is 23.9 Å². The molecule has 1 aromatic heterocycles. The largest absolute Gasteiger partial charge is 0.694 e. The van der Waals surface area contributed by atoms with Crippen LogP contribution in [-0.4, -0.2) is 87.2 Å². The Morgan fingerprint density at radius 2 is 1.43 bits per heavy atom. The molecule has 1 aliphatic rings. The third kappa shape index (κ3) is 11.2. The van der Waals surface area contributed by atoms with Gasteiger partial charge in [-0.2, -0.15) is 14.3 Å². The number of benzene rings is 4. The van der Waals surface area contributed by atoms with Gasteiger partial charge in [-0.1, -0.05) is 81.4 Å². The summed E-state index contributed by atoms with van der Waals surface area (Å²) in [6.07, 6.45) is -2.09. The lowest BCUT2D eigenvalue weighted by atomic mass is 9.80. The number of carbonyl (C=O) groups is 1. The molecule has 16 heteroatoms. The van der Waals surface area contributed by atoms with Crippen molar-refractivity contribution in [3.63, 3.8) is 0 Å². The predicted molar refractivity (Wildman–Crippen MR) is 259 cm³/mol. The average Bonchev–Trinajstić information content (AvgIpc) is 3.63. The van der Waals surface area contributed by atoms with Gasteiger partial charge in [0.25, 0.3) is 13.0 Å². The average molecular weight is 943 g/mol. The Hall–Kier alpha value is -4.41. The van der Waals surface area contributed by atoms with Crippen molar-refractivity contribution in [1.29, 1.82) is 0 Å². The third-order valence-corrected chi connectivity index (χ3v) is 18.5. The van der Waals surface area contributed by atoms with Gasteiger partial charge in [0.15, 0.2) is 14.5 Å². The molecular formula is C49H63N4O9PSSi+. The Kier molecular flexibility index (Phi) is 16.5. The van der Waals surface area contributed by atoms with Gasteiger partial charge in [-0.25, -0.2) is 4.79 Å². The molecule has 5 atom stereocenters. The molecule has 13 nitrogen and oxygen atoms in total. The molecule has 6 rings (SSSR count). The number of hydrogen-bond donors (Lipinski definition) is 1. The fourth-order valence-corrected chi connectivity index (χ4v) is 10.8. The van der Waals surface area contributed by atoms with Crippen LogP contribution in [0.15, 0.2) is 126 Å². The summed E-state index contributed by atoms with van der Waals surface area (Å²) in [6, 6.07) is 35.9. The van der Waals surface area contributed by atoms with Crippen molar-refractivity contribution in [2.75, 3.05) is 45.8 Å². The second-order valence-corrected chi connectivity index (χ2v) is 23.9. The Bertz CT molecular complexity index is 2310. The fourth-order valence-electron chi connectivity index (χ4n) is 7.68. The van der Waals surface area contributed by atoms with E-state index in [2.05, 4.69) is 64.9 Å². The van der Waals surface area contributed by atoms with Crippen molar-refractivity contribution in [2.45, 2.75) is 89.8 Å². The second kappa shape index (κ2) is 21.5. The minimum Gasteiger partial charge on any atom is -0.694 e. The highest BCUT2D eigenvalue weighted by Gasteiger charge is 2.53. The molecule has 1 radical (unpaired) electrons. The number of amides is 1. The molecule has 0 aliphatic carbocycles. The van der Waals surface area contributed by atoms with Gasteiger partial charge in [-0.05, 0) is 98.1 Å². The van der Waals surface area contributed by atoms with Gasteiger partial charge in [-0.15, -0.1) is 0 Å². The van der Waals surface area contributed by atoms with E-state index in [0.717, 1.165) is 16.7 Å². The zero-order chi connectivity index (χ0) is 47.0. The monoisotopic (exact) mass is 942 g/mol. The van der Waals surface area contributed by atoms with Crippen LogP contribution in [0.1, 0.15) is 74.8 Å². The Labute approximate surface area is 391 Å². The first-order chi connectivity index (χ1) is 31.0. The maximum atomic E-state index is 14.2. The highest BCUT2D eigenvalue weighted by Crippen LogP contribution is 2.50. The number of nitrogens with one attached hydrogen (secondary N) is 1. The van der Waals surface area contributed by atoms with E-state index in [0.29, 0.717) is 41.3 Å². The number of ether oxygens (including phenoxy) is 4. The molecule has 65 heavy (non-hydrogen) atoms. The molecule has 1 N–H and O–H groups in total. The lowest BCUT2D eigenvalue weighted by molar-refractivity contribution is -1.08. The lowest BCUT2D eigenvalue weighted by Gasteiger charge is -2.43. The normalized spacial score (nSPS) is 19.3. The summed E-state index contributed by atoms with van der Waals surface area (Å²) < 4.78 is 48.1. The SMILES string of the molecule is CC[N+](CC)(CC)OP([S-])O[C@H]1[C@@H](O[Si](C)(C)C(C)(C)C)[C@H](n2ccc(NC(=O)c3ccccc3)nc2=O)O[C@@H]1COC(c1ccccc1)(c1ccc(OC)cc1)c1ccc([O+]C)cc1. The molecule has 347 valence electrons. The van der Waals surface area contributed by atoms with Crippen molar-refractivity contribution in [2.24, 2.45) is 0 Å². The van der Waals surface area contributed by atoms with Crippen LogP contribution in [0.3, 0.4) is 0 Å². The molecule has 0 saturated carbocycles. The van der Waals surface area contributed by atoms with Crippen molar-refractivity contribution in [3.8, 4) is 11.5 Å².